The van der Waals surface area contributed by atoms with E-state index in [0.29, 0.717) is 15.9 Å². The summed E-state index contributed by atoms with van der Waals surface area (Å²) in [5.74, 6) is -0.390. The van der Waals surface area contributed by atoms with Gasteiger partial charge in [0, 0.05) is 6.20 Å². The summed E-state index contributed by atoms with van der Waals surface area (Å²) >= 11 is 3.14. The van der Waals surface area contributed by atoms with Crippen LogP contribution >= 0.6 is 15.9 Å². The summed E-state index contributed by atoms with van der Waals surface area (Å²) in [6.07, 6.45) is 1.57. The fraction of sp³-hybridized carbons (Fsp3) is 0.125. The largest absolute Gasteiger partial charge is 0.465 e. The summed E-state index contributed by atoms with van der Waals surface area (Å²) in [7, 11) is 1.34. The van der Waals surface area contributed by atoms with Crippen molar-refractivity contribution in [3.05, 3.63) is 28.6 Å². The third kappa shape index (κ3) is 1.48. The summed E-state index contributed by atoms with van der Waals surface area (Å²) in [5, 5.41) is 4.00. The molecule has 0 amide bonds. The quantitative estimate of drug-likeness (QED) is 0.721. The lowest BCUT2D eigenvalue weighted by molar-refractivity contribution is 0.0600. The molecule has 0 aliphatic rings. The summed E-state index contributed by atoms with van der Waals surface area (Å²) in [6.45, 7) is 0. The molecular formula is C8H6BrN3O2. The number of carbonyl (C=O) groups is 1. The number of methoxy groups -OCH3 is 1. The third-order valence-corrected chi connectivity index (χ3v) is 2.06. The fourth-order valence-corrected chi connectivity index (χ4v) is 1.45. The number of nitrogens with zero attached hydrogens (tertiary/aromatic N) is 3. The van der Waals surface area contributed by atoms with Crippen LogP contribution in [0.2, 0.25) is 0 Å². The van der Waals surface area contributed by atoms with Crippen LogP contribution in [-0.2, 0) is 4.74 Å². The average molecular weight is 256 g/mol. The molecule has 14 heavy (non-hydrogen) atoms. The zero-order chi connectivity index (χ0) is 10.1. The van der Waals surface area contributed by atoms with Gasteiger partial charge in [0.15, 0.2) is 5.65 Å². The van der Waals surface area contributed by atoms with Crippen molar-refractivity contribution >= 4 is 27.5 Å². The molecule has 2 heterocycles. The molecule has 6 heteroatoms. The number of rotatable bonds is 1. The highest BCUT2D eigenvalue weighted by Crippen LogP contribution is 2.08. The van der Waals surface area contributed by atoms with Gasteiger partial charge in [0.2, 0.25) is 4.73 Å². The summed E-state index contributed by atoms with van der Waals surface area (Å²) in [6, 6.07) is 3.34. The monoisotopic (exact) mass is 255 g/mol. The molecule has 5 nitrogen and oxygen atoms in total. The van der Waals surface area contributed by atoms with Crippen LogP contribution in [0, 0.1) is 0 Å². The molecule has 72 valence electrons. The van der Waals surface area contributed by atoms with Crippen molar-refractivity contribution in [2.24, 2.45) is 0 Å². The van der Waals surface area contributed by atoms with Crippen molar-refractivity contribution in [3.63, 3.8) is 0 Å². The highest BCUT2D eigenvalue weighted by atomic mass is 79.9. The highest BCUT2D eigenvalue weighted by Gasteiger charge is 2.07. The van der Waals surface area contributed by atoms with E-state index in [1.807, 2.05) is 0 Å². The third-order valence-electron chi connectivity index (χ3n) is 1.73. The van der Waals surface area contributed by atoms with Crippen LogP contribution in [0.5, 0.6) is 0 Å². The van der Waals surface area contributed by atoms with Crippen LogP contribution in [0.4, 0.5) is 0 Å². The minimum Gasteiger partial charge on any atom is -0.465 e. The van der Waals surface area contributed by atoms with E-state index < -0.39 is 5.97 Å². The number of hydrogen-bond acceptors (Lipinski definition) is 4. The van der Waals surface area contributed by atoms with Crippen LogP contribution in [0.25, 0.3) is 5.65 Å². The molecule has 0 atom stereocenters. The van der Waals surface area contributed by atoms with Gasteiger partial charge in [-0.05, 0) is 28.1 Å². The Labute approximate surface area is 87.8 Å². The zero-order valence-electron chi connectivity index (χ0n) is 7.27. The van der Waals surface area contributed by atoms with E-state index in [0.717, 1.165) is 0 Å². The lowest BCUT2D eigenvalue weighted by Crippen LogP contribution is -2.03. The number of pyridine rings is 1. The van der Waals surface area contributed by atoms with Crippen LogP contribution in [0.15, 0.2) is 23.1 Å². The van der Waals surface area contributed by atoms with Gasteiger partial charge in [0.1, 0.15) is 0 Å². The Kier molecular flexibility index (Phi) is 2.20. The van der Waals surface area contributed by atoms with Gasteiger partial charge in [-0.2, -0.15) is 0 Å². The molecule has 0 aromatic carbocycles. The van der Waals surface area contributed by atoms with E-state index in [-0.39, 0.29) is 0 Å². The van der Waals surface area contributed by atoms with Crippen LogP contribution in [0.1, 0.15) is 10.4 Å². The number of fused-ring (bicyclic) bond motifs is 1. The Morgan fingerprint density at radius 3 is 3.07 bits per heavy atom. The van der Waals surface area contributed by atoms with Crippen molar-refractivity contribution < 1.29 is 9.53 Å². The summed E-state index contributed by atoms with van der Waals surface area (Å²) < 4.78 is 6.58. The molecular weight excluding hydrogens is 250 g/mol. The molecule has 0 unspecified atom stereocenters. The second kappa shape index (κ2) is 3.38. The molecule has 2 aromatic heterocycles. The first-order valence-electron chi connectivity index (χ1n) is 3.81. The van der Waals surface area contributed by atoms with Gasteiger partial charge in [0.25, 0.3) is 0 Å². The van der Waals surface area contributed by atoms with Gasteiger partial charge < -0.3 is 4.74 Å². The highest BCUT2D eigenvalue weighted by molar-refractivity contribution is 9.10. The number of carbonyl (C=O) groups excluding carboxylic acids is 1. The minimum atomic E-state index is -0.390. The Bertz CT molecular complexity index is 494. The smallest absolute Gasteiger partial charge is 0.339 e. The predicted octanol–water partition coefficient (Wildman–Crippen LogP) is 1.28. The molecule has 0 bridgehead atoms. The van der Waals surface area contributed by atoms with Gasteiger partial charge in [-0.3, -0.25) is 0 Å². The maximum Gasteiger partial charge on any atom is 0.339 e. The van der Waals surface area contributed by atoms with E-state index >= 15 is 0 Å². The molecule has 0 spiro atoms. The van der Waals surface area contributed by atoms with Crippen molar-refractivity contribution in [3.8, 4) is 0 Å². The number of aromatic nitrogens is 3. The predicted molar refractivity (Wildman–Crippen MR) is 52.0 cm³/mol. The second-order valence-corrected chi connectivity index (χ2v) is 3.30. The van der Waals surface area contributed by atoms with E-state index in [1.165, 1.54) is 11.6 Å². The van der Waals surface area contributed by atoms with E-state index in [1.54, 1.807) is 18.3 Å². The zero-order valence-corrected chi connectivity index (χ0v) is 8.85. The number of ether oxygens (including phenoxy) is 1. The maximum absolute atomic E-state index is 11.2. The van der Waals surface area contributed by atoms with Crippen molar-refractivity contribution in [2.45, 2.75) is 0 Å². The Morgan fingerprint density at radius 2 is 2.36 bits per heavy atom. The van der Waals surface area contributed by atoms with Crippen LogP contribution in [0.3, 0.4) is 0 Å². The lowest BCUT2D eigenvalue weighted by Gasteiger charge is -1.98. The molecule has 0 aliphatic carbocycles. The average Bonchev–Trinajstić information content (AvgIpc) is 2.55. The Morgan fingerprint density at radius 1 is 1.57 bits per heavy atom. The molecule has 0 radical (unpaired) electrons. The Hall–Kier alpha value is -1.43. The van der Waals surface area contributed by atoms with Gasteiger partial charge >= 0.3 is 5.97 Å². The number of esters is 1. The van der Waals surface area contributed by atoms with E-state index in [4.69, 9.17) is 0 Å². The topological polar surface area (TPSA) is 56.5 Å². The molecule has 0 fully saturated rings. The molecule has 2 aromatic rings. The standard InChI is InChI=1S/C8H6BrN3O2/c1-14-7(13)5-2-3-6-10-8(9)11-12(6)4-5/h2-4H,1H3. The SMILES string of the molecule is COC(=O)c1ccc2nc(Br)nn2c1. The summed E-state index contributed by atoms with van der Waals surface area (Å²) in [5.41, 5.74) is 1.11. The molecule has 0 N–H and O–H groups in total. The minimum absolute atomic E-state index is 0.390. The number of hydrogen-bond donors (Lipinski definition) is 0. The van der Waals surface area contributed by atoms with Gasteiger partial charge in [-0.15, -0.1) is 5.10 Å². The first-order chi connectivity index (χ1) is 6.70. The molecule has 0 saturated heterocycles. The van der Waals surface area contributed by atoms with Gasteiger partial charge in [-0.25, -0.2) is 14.3 Å². The first kappa shape index (κ1) is 9.14. The van der Waals surface area contributed by atoms with E-state index in [9.17, 15) is 4.79 Å². The molecule has 0 saturated carbocycles. The lowest BCUT2D eigenvalue weighted by atomic mass is 10.3. The Balaban J connectivity index is 2.55. The van der Waals surface area contributed by atoms with Crippen LogP contribution in [-0.4, -0.2) is 27.7 Å². The molecule has 2 rings (SSSR count). The summed E-state index contributed by atoms with van der Waals surface area (Å²) in [4.78, 5) is 15.2. The normalized spacial score (nSPS) is 10.4. The van der Waals surface area contributed by atoms with Crippen molar-refractivity contribution in [1.82, 2.24) is 14.6 Å². The van der Waals surface area contributed by atoms with Crippen LogP contribution < -0.4 is 0 Å². The van der Waals surface area contributed by atoms with Gasteiger partial charge in [0.05, 0.1) is 12.7 Å². The maximum atomic E-state index is 11.2. The fourth-order valence-electron chi connectivity index (χ4n) is 1.09. The molecule has 0 aliphatic heterocycles. The second-order valence-electron chi connectivity index (χ2n) is 2.59. The van der Waals surface area contributed by atoms with Crippen molar-refractivity contribution in [1.29, 1.82) is 0 Å². The first-order valence-corrected chi connectivity index (χ1v) is 4.60. The van der Waals surface area contributed by atoms with E-state index in [2.05, 4.69) is 30.7 Å². The van der Waals surface area contributed by atoms with Crippen molar-refractivity contribution in [2.75, 3.05) is 7.11 Å². The van der Waals surface area contributed by atoms with Gasteiger partial charge in [-0.1, -0.05) is 0 Å². The number of halogens is 1.